The van der Waals surface area contributed by atoms with Gasteiger partial charge in [-0.15, -0.1) is 0 Å². The number of nitrogens with zero attached hydrogens (tertiary/aromatic N) is 4. The molecule has 2 aromatic rings. The summed E-state index contributed by atoms with van der Waals surface area (Å²) < 4.78 is 5.23. The van der Waals surface area contributed by atoms with Crippen LogP contribution in [0.5, 0.6) is 5.75 Å². The van der Waals surface area contributed by atoms with Gasteiger partial charge in [0.1, 0.15) is 23.7 Å². The van der Waals surface area contributed by atoms with E-state index in [9.17, 15) is 4.79 Å². The van der Waals surface area contributed by atoms with Crippen LogP contribution in [-0.2, 0) is 4.79 Å². The maximum Gasteiger partial charge on any atom is 0.232 e. The third kappa shape index (κ3) is 4.30. The molecular formula is C20H27N5O2. The Hall–Kier alpha value is -2.83. The predicted octanol–water partition coefficient (Wildman–Crippen LogP) is 2.80. The number of anilines is 3. The van der Waals surface area contributed by atoms with Crippen LogP contribution >= 0.6 is 0 Å². The molecule has 0 radical (unpaired) electrons. The van der Waals surface area contributed by atoms with Crippen molar-refractivity contribution in [2.45, 2.75) is 19.8 Å². The quantitative estimate of drug-likeness (QED) is 0.874. The molecule has 7 nitrogen and oxygen atoms in total. The molecular weight excluding hydrogens is 342 g/mol. The second-order valence-corrected chi connectivity index (χ2v) is 7.40. The van der Waals surface area contributed by atoms with E-state index in [1.54, 1.807) is 13.4 Å². The highest BCUT2D eigenvalue weighted by molar-refractivity contribution is 5.95. The van der Waals surface area contributed by atoms with Crippen LogP contribution in [0.2, 0.25) is 0 Å². The Morgan fingerprint density at radius 2 is 2.11 bits per heavy atom. The molecule has 27 heavy (non-hydrogen) atoms. The fourth-order valence-electron chi connectivity index (χ4n) is 3.36. The van der Waals surface area contributed by atoms with Crippen LogP contribution in [0.1, 0.15) is 19.8 Å². The van der Waals surface area contributed by atoms with Crippen LogP contribution in [0, 0.1) is 5.41 Å². The third-order valence-electron chi connectivity index (χ3n) is 4.99. The van der Waals surface area contributed by atoms with Gasteiger partial charge in [0.2, 0.25) is 5.91 Å². The molecule has 0 saturated carbocycles. The number of ether oxygens (including phenoxy) is 1. The van der Waals surface area contributed by atoms with Crippen molar-refractivity contribution in [1.82, 2.24) is 9.97 Å². The molecule has 1 amide bonds. The van der Waals surface area contributed by atoms with E-state index in [2.05, 4.69) is 20.2 Å². The van der Waals surface area contributed by atoms with Crippen molar-refractivity contribution in [3.63, 3.8) is 0 Å². The average molecular weight is 369 g/mol. The van der Waals surface area contributed by atoms with Crippen molar-refractivity contribution >= 4 is 23.2 Å². The van der Waals surface area contributed by atoms with Gasteiger partial charge in [0, 0.05) is 45.0 Å². The van der Waals surface area contributed by atoms with Gasteiger partial charge in [0.15, 0.2) is 0 Å². The summed E-state index contributed by atoms with van der Waals surface area (Å²) in [6, 6.07) is 9.39. The minimum Gasteiger partial charge on any atom is -0.497 e. The van der Waals surface area contributed by atoms with Gasteiger partial charge in [0.25, 0.3) is 0 Å². The van der Waals surface area contributed by atoms with Crippen LogP contribution in [0.3, 0.4) is 0 Å². The zero-order chi connectivity index (χ0) is 19.4. The normalized spacial score (nSPS) is 19.5. The highest BCUT2D eigenvalue weighted by Gasteiger charge is 2.38. The highest BCUT2D eigenvalue weighted by Crippen LogP contribution is 2.33. The molecule has 1 saturated heterocycles. The van der Waals surface area contributed by atoms with Gasteiger partial charge in [-0.2, -0.15) is 0 Å². The summed E-state index contributed by atoms with van der Waals surface area (Å²) in [5.74, 6) is 2.45. The van der Waals surface area contributed by atoms with Crippen molar-refractivity contribution in [1.29, 1.82) is 0 Å². The van der Waals surface area contributed by atoms with Gasteiger partial charge in [-0.3, -0.25) is 4.79 Å². The van der Waals surface area contributed by atoms with Crippen molar-refractivity contribution < 1.29 is 9.53 Å². The van der Waals surface area contributed by atoms with E-state index < -0.39 is 5.41 Å². The number of piperidine rings is 1. The molecule has 0 spiro atoms. The minimum absolute atomic E-state index is 0.0161. The van der Waals surface area contributed by atoms with Gasteiger partial charge < -0.3 is 19.9 Å². The number of hydrogen-bond donors (Lipinski definition) is 1. The number of nitrogens with one attached hydrogen (secondary N) is 1. The third-order valence-corrected chi connectivity index (χ3v) is 4.99. The lowest BCUT2D eigenvalue weighted by Gasteiger charge is -2.40. The van der Waals surface area contributed by atoms with Gasteiger partial charge in [-0.05, 0) is 31.9 Å². The lowest BCUT2D eigenvalue weighted by molar-refractivity contribution is -0.125. The predicted molar refractivity (Wildman–Crippen MR) is 108 cm³/mol. The van der Waals surface area contributed by atoms with Gasteiger partial charge in [-0.25, -0.2) is 9.97 Å². The van der Waals surface area contributed by atoms with E-state index in [1.165, 1.54) is 0 Å². The molecule has 7 heteroatoms. The maximum absolute atomic E-state index is 13.0. The lowest BCUT2D eigenvalue weighted by Crippen LogP contribution is -2.48. The fourth-order valence-corrected chi connectivity index (χ4v) is 3.36. The molecule has 1 aromatic carbocycles. The number of rotatable bonds is 5. The van der Waals surface area contributed by atoms with E-state index in [-0.39, 0.29) is 5.91 Å². The number of methoxy groups -OCH3 is 1. The second-order valence-electron chi connectivity index (χ2n) is 7.40. The number of benzene rings is 1. The summed E-state index contributed by atoms with van der Waals surface area (Å²) in [5.41, 5.74) is 0.250. The van der Waals surface area contributed by atoms with E-state index in [4.69, 9.17) is 4.74 Å². The standard InChI is InChI=1S/C20H27N5O2/c1-20(19(26)23-15-7-5-8-16(11-15)27-4)9-6-10-25(13-20)18-12-17(24(2)3)21-14-22-18/h5,7-8,11-12,14H,6,9-10,13H2,1-4H3,(H,23,26). The minimum atomic E-state index is -0.495. The number of aromatic nitrogens is 2. The Kier molecular flexibility index (Phi) is 5.48. The first kappa shape index (κ1) is 18.9. The van der Waals surface area contributed by atoms with E-state index >= 15 is 0 Å². The lowest BCUT2D eigenvalue weighted by atomic mass is 9.81. The van der Waals surface area contributed by atoms with Crippen LogP contribution in [0.4, 0.5) is 17.3 Å². The summed E-state index contributed by atoms with van der Waals surface area (Å²) >= 11 is 0. The molecule has 3 rings (SSSR count). The van der Waals surface area contributed by atoms with Crippen molar-refractivity contribution in [2.24, 2.45) is 5.41 Å². The molecule has 0 aliphatic carbocycles. The number of amides is 1. The molecule has 1 unspecified atom stereocenters. The zero-order valence-corrected chi connectivity index (χ0v) is 16.4. The first-order valence-electron chi connectivity index (χ1n) is 9.11. The molecule has 0 bridgehead atoms. The summed E-state index contributed by atoms with van der Waals surface area (Å²) in [5, 5.41) is 3.04. The van der Waals surface area contributed by atoms with Crippen molar-refractivity contribution in [2.75, 3.05) is 49.4 Å². The molecule has 1 N–H and O–H groups in total. The molecule has 1 fully saturated rings. The molecule has 1 aliphatic heterocycles. The van der Waals surface area contributed by atoms with Crippen molar-refractivity contribution in [3.8, 4) is 5.75 Å². The van der Waals surface area contributed by atoms with Crippen molar-refractivity contribution in [3.05, 3.63) is 36.7 Å². The Bertz CT molecular complexity index is 810. The van der Waals surface area contributed by atoms with E-state index in [1.807, 2.05) is 56.3 Å². The van der Waals surface area contributed by atoms with Gasteiger partial charge >= 0.3 is 0 Å². The molecule has 1 atom stereocenters. The first-order valence-corrected chi connectivity index (χ1v) is 9.11. The van der Waals surface area contributed by atoms with Gasteiger partial charge in [-0.1, -0.05) is 6.07 Å². The summed E-state index contributed by atoms with van der Waals surface area (Å²) in [6.45, 7) is 3.52. The number of carbonyl (C=O) groups is 1. The topological polar surface area (TPSA) is 70.6 Å². The molecule has 1 aliphatic rings. The molecule has 144 valence electrons. The second kappa shape index (κ2) is 7.82. The van der Waals surface area contributed by atoms with E-state index in [0.717, 1.165) is 42.5 Å². The van der Waals surface area contributed by atoms with Gasteiger partial charge in [0.05, 0.1) is 12.5 Å². The Balaban J connectivity index is 1.75. The highest BCUT2D eigenvalue weighted by atomic mass is 16.5. The van der Waals surface area contributed by atoms with E-state index in [0.29, 0.717) is 6.54 Å². The number of carbonyl (C=O) groups excluding carboxylic acids is 1. The molecule has 1 aromatic heterocycles. The van der Waals surface area contributed by atoms with Crippen LogP contribution < -0.4 is 19.9 Å². The van der Waals surface area contributed by atoms with Crippen LogP contribution in [-0.4, -0.2) is 50.2 Å². The largest absolute Gasteiger partial charge is 0.497 e. The molecule has 2 heterocycles. The van der Waals surface area contributed by atoms with Crippen LogP contribution in [0.25, 0.3) is 0 Å². The average Bonchev–Trinajstić information content (AvgIpc) is 2.68. The van der Waals surface area contributed by atoms with Crippen LogP contribution in [0.15, 0.2) is 36.7 Å². The Morgan fingerprint density at radius 3 is 2.85 bits per heavy atom. The first-order chi connectivity index (χ1) is 12.9. The summed E-state index contributed by atoms with van der Waals surface area (Å²) in [7, 11) is 5.52. The maximum atomic E-state index is 13.0. The zero-order valence-electron chi connectivity index (χ0n) is 16.4. The number of hydrogen-bond acceptors (Lipinski definition) is 6. The smallest absolute Gasteiger partial charge is 0.232 e. The Labute approximate surface area is 160 Å². The summed E-state index contributed by atoms with van der Waals surface area (Å²) in [4.78, 5) is 25.8. The SMILES string of the molecule is COc1cccc(NC(=O)C2(C)CCCN(c3cc(N(C)C)ncn3)C2)c1. The fraction of sp³-hybridized carbons (Fsp3) is 0.450. The Morgan fingerprint density at radius 1 is 1.30 bits per heavy atom. The monoisotopic (exact) mass is 369 g/mol. The summed E-state index contributed by atoms with van der Waals surface area (Å²) in [6.07, 6.45) is 3.35.